The van der Waals surface area contributed by atoms with Crippen molar-refractivity contribution in [3.63, 3.8) is 0 Å². The zero-order valence-corrected chi connectivity index (χ0v) is 13.5. The maximum Gasteiger partial charge on any atom is 0.180 e. The van der Waals surface area contributed by atoms with E-state index >= 15 is 0 Å². The van der Waals surface area contributed by atoms with Gasteiger partial charge in [-0.15, -0.1) is 0 Å². The van der Waals surface area contributed by atoms with E-state index in [-0.39, 0.29) is 5.71 Å². The average Bonchev–Trinajstić information content (AvgIpc) is 3.13. The largest absolute Gasteiger partial charge is 0.396 e. The number of aromatic nitrogens is 2. The summed E-state index contributed by atoms with van der Waals surface area (Å²) in [5.74, 6) is 1.52. The second kappa shape index (κ2) is 5.86. The number of likely N-dealkylation sites (tertiary alicyclic amines) is 1. The van der Waals surface area contributed by atoms with Gasteiger partial charge in [-0.05, 0) is 32.8 Å². The summed E-state index contributed by atoms with van der Waals surface area (Å²) < 4.78 is 1.69. The van der Waals surface area contributed by atoms with Gasteiger partial charge in [0.25, 0.3) is 0 Å². The summed E-state index contributed by atoms with van der Waals surface area (Å²) in [6, 6.07) is 0. The fourth-order valence-electron chi connectivity index (χ4n) is 2.85. The van der Waals surface area contributed by atoms with Crippen LogP contribution in [0.1, 0.15) is 25.5 Å². The van der Waals surface area contributed by atoms with Gasteiger partial charge in [0, 0.05) is 19.6 Å². The van der Waals surface area contributed by atoms with Crippen LogP contribution in [0, 0.1) is 12.3 Å². The third kappa shape index (κ3) is 2.71. The van der Waals surface area contributed by atoms with Crippen LogP contribution in [-0.4, -0.2) is 45.2 Å². The zero-order chi connectivity index (χ0) is 16.6. The van der Waals surface area contributed by atoms with Crippen molar-refractivity contribution in [2.75, 3.05) is 18.8 Å². The van der Waals surface area contributed by atoms with E-state index in [9.17, 15) is 0 Å². The normalized spacial score (nSPS) is 20.2. The predicted octanol–water partition coefficient (Wildman–Crippen LogP) is 1.19. The summed E-state index contributed by atoms with van der Waals surface area (Å²) in [5.41, 5.74) is 14.1. The molecule has 1 fully saturated rings. The molecule has 3 heterocycles. The maximum atomic E-state index is 8.10. The molecule has 122 valence electrons. The van der Waals surface area contributed by atoms with Gasteiger partial charge >= 0.3 is 0 Å². The summed E-state index contributed by atoms with van der Waals surface area (Å²) in [6.45, 7) is 6.36. The standard InChI is InChI=1S/C15H22N8/c1-3-23-13(18)12(9(2)21-23)19-14-10(16)8-11(17)15(20-14)22-6-4-5-7-22/h8,16H,3-7,17-18H2,1-2H3/b16-10?,19-14-. The fraction of sp³-hybridized carbons (Fsp3) is 0.467. The number of nitrogens with two attached hydrogens (primary N) is 2. The Morgan fingerprint density at radius 3 is 2.61 bits per heavy atom. The Morgan fingerprint density at radius 1 is 1.30 bits per heavy atom. The number of nitrogens with one attached hydrogen (secondary N) is 1. The first-order valence-corrected chi connectivity index (χ1v) is 7.83. The third-order valence-electron chi connectivity index (χ3n) is 4.07. The monoisotopic (exact) mass is 314 g/mol. The molecule has 0 radical (unpaired) electrons. The van der Waals surface area contributed by atoms with Crippen molar-refractivity contribution >= 4 is 28.9 Å². The van der Waals surface area contributed by atoms with E-state index in [1.165, 1.54) is 0 Å². The summed E-state index contributed by atoms with van der Waals surface area (Å²) in [4.78, 5) is 11.2. The number of hydrogen-bond acceptors (Lipinski definition) is 6. The van der Waals surface area contributed by atoms with Crippen LogP contribution in [0.4, 0.5) is 11.5 Å². The number of dihydropyridines is 1. The highest BCUT2D eigenvalue weighted by Crippen LogP contribution is 2.27. The number of anilines is 1. The molecular weight excluding hydrogens is 292 g/mol. The smallest absolute Gasteiger partial charge is 0.180 e. The highest BCUT2D eigenvalue weighted by atomic mass is 15.3. The van der Waals surface area contributed by atoms with Crippen LogP contribution in [-0.2, 0) is 6.54 Å². The minimum Gasteiger partial charge on any atom is -0.396 e. The zero-order valence-electron chi connectivity index (χ0n) is 13.5. The summed E-state index contributed by atoms with van der Waals surface area (Å²) in [6.07, 6.45) is 3.87. The SMILES string of the molecule is CCn1nc(C)c(/N=C2\N=C(N3CCCC3)C(N)=CC2=N)c1N. The van der Waals surface area contributed by atoms with Gasteiger partial charge in [0.15, 0.2) is 11.7 Å². The molecular formula is C15H22N8. The molecule has 5 N–H and O–H groups in total. The molecule has 2 aliphatic rings. The molecule has 2 aliphatic heterocycles. The van der Waals surface area contributed by atoms with E-state index in [1.54, 1.807) is 10.8 Å². The van der Waals surface area contributed by atoms with Crippen LogP contribution in [0.25, 0.3) is 0 Å². The Kier molecular flexibility index (Phi) is 3.89. The second-order valence-corrected chi connectivity index (χ2v) is 5.71. The molecule has 0 aliphatic carbocycles. The second-order valence-electron chi connectivity index (χ2n) is 5.71. The highest BCUT2D eigenvalue weighted by molar-refractivity contribution is 6.49. The summed E-state index contributed by atoms with van der Waals surface area (Å²) in [5, 5.41) is 12.4. The fourth-order valence-corrected chi connectivity index (χ4v) is 2.85. The highest BCUT2D eigenvalue weighted by Gasteiger charge is 2.24. The third-order valence-corrected chi connectivity index (χ3v) is 4.07. The topological polar surface area (TPSA) is 122 Å². The van der Waals surface area contributed by atoms with E-state index in [4.69, 9.17) is 16.9 Å². The summed E-state index contributed by atoms with van der Waals surface area (Å²) >= 11 is 0. The Labute approximate surface area is 135 Å². The quantitative estimate of drug-likeness (QED) is 0.759. The van der Waals surface area contributed by atoms with Crippen molar-refractivity contribution in [3.8, 4) is 0 Å². The minimum atomic E-state index is 0.188. The molecule has 8 heteroatoms. The Bertz CT molecular complexity index is 731. The molecule has 0 bridgehead atoms. The lowest BCUT2D eigenvalue weighted by Gasteiger charge is -2.23. The molecule has 1 aromatic heterocycles. The number of aliphatic imine (C=N–C) groups is 2. The lowest BCUT2D eigenvalue weighted by Crippen LogP contribution is -2.36. The number of nitrogens with zero attached hydrogens (tertiary/aromatic N) is 5. The lowest BCUT2D eigenvalue weighted by atomic mass is 10.2. The first-order chi connectivity index (χ1) is 11.0. The minimum absolute atomic E-state index is 0.188. The van der Waals surface area contributed by atoms with E-state index in [2.05, 4.69) is 20.0 Å². The van der Waals surface area contributed by atoms with Gasteiger partial charge in [-0.3, -0.25) is 5.41 Å². The average molecular weight is 314 g/mol. The van der Waals surface area contributed by atoms with E-state index < -0.39 is 0 Å². The van der Waals surface area contributed by atoms with Gasteiger partial charge in [-0.1, -0.05) is 0 Å². The number of hydrogen-bond donors (Lipinski definition) is 3. The van der Waals surface area contributed by atoms with Crippen molar-refractivity contribution in [1.29, 1.82) is 5.41 Å². The van der Waals surface area contributed by atoms with Crippen LogP contribution >= 0.6 is 0 Å². The first kappa shape index (κ1) is 15.3. The molecule has 0 atom stereocenters. The van der Waals surface area contributed by atoms with Gasteiger partial charge in [0.05, 0.1) is 11.4 Å². The molecule has 0 amide bonds. The van der Waals surface area contributed by atoms with E-state index in [0.717, 1.165) is 31.6 Å². The molecule has 0 saturated carbocycles. The van der Waals surface area contributed by atoms with Crippen molar-refractivity contribution in [2.24, 2.45) is 15.7 Å². The molecule has 8 nitrogen and oxygen atoms in total. The molecule has 23 heavy (non-hydrogen) atoms. The maximum absolute atomic E-state index is 8.10. The van der Waals surface area contributed by atoms with Gasteiger partial charge in [0.1, 0.15) is 17.2 Å². The Hall–Kier alpha value is -2.64. The van der Waals surface area contributed by atoms with Gasteiger partial charge in [0.2, 0.25) is 0 Å². The first-order valence-electron chi connectivity index (χ1n) is 7.83. The summed E-state index contributed by atoms with van der Waals surface area (Å²) in [7, 11) is 0. The number of aryl methyl sites for hydroxylation is 2. The number of amidine groups is 2. The molecule has 0 aromatic carbocycles. The lowest BCUT2D eigenvalue weighted by molar-refractivity contribution is 0.519. The Morgan fingerprint density at radius 2 is 2.00 bits per heavy atom. The van der Waals surface area contributed by atoms with Crippen molar-refractivity contribution in [1.82, 2.24) is 14.7 Å². The van der Waals surface area contributed by atoms with Crippen LogP contribution in [0.2, 0.25) is 0 Å². The van der Waals surface area contributed by atoms with Crippen molar-refractivity contribution < 1.29 is 0 Å². The van der Waals surface area contributed by atoms with Gasteiger partial charge in [-0.25, -0.2) is 14.7 Å². The van der Waals surface area contributed by atoms with Crippen molar-refractivity contribution in [2.45, 2.75) is 33.2 Å². The van der Waals surface area contributed by atoms with E-state index in [0.29, 0.717) is 35.4 Å². The van der Waals surface area contributed by atoms with Crippen LogP contribution in [0.5, 0.6) is 0 Å². The predicted molar refractivity (Wildman–Crippen MR) is 92.4 cm³/mol. The van der Waals surface area contributed by atoms with Gasteiger partial charge < -0.3 is 16.4 Å². The van der Waals surface area contributed by atoms with Crippen molar-refractivity contribution in [3.05, 3.63) is 17.5 Å². The number of nitrogen functional groups attached to an aromatic ring is 1. The van der Waals surface area contributed by atoms with Crippen LogP contribution < -0.4 is 11.5 Å². The van der Waals surface area contributed by atoms with E-state index in [1.807, 2.05) is 13.8 Å². The van der Waals surface area contributed by atoms with Crippen LogP contribution in [0.3, 0.4) is 0 Å². The van der Waals surface area contributed by atoms with Crippen LogP contribution in [0.15, 0.2) is 21.8 Å². The molecule has 1 saturated heterocycles. The number of rotatable bonds is 2. The molecule has 3 rings (SSSR count). The molecule has 0 unspecified atom stereocenters. The van der Waals surface area contributed by atoms with Gasteiger partial charge in [-0.2, -0.15) is 5.10 Å². The molecule has 1 aromatic rings. The Balaban J connectivity index is 2.01. The molecule has 0 spiro atoms.